The van der Waals surface area contributed by atoms with E-state index in [4.69, 9.17) is 0 Å². The number of hydrogen-bond donors (Lipinski definition) is 0. The molecule has 1 fully saturated rings. The number of sulfonamides is 1. The summed E-state index contributed by atoms with van der Waals surface area (Å²) in [7, 11) is -3.64. The van der Waals surface area contributed by atoms with Gasteiger partial charge in [0.05, 0.1) is 11.9 Å². The molecule has 0 unspecified atom stereocenters. The van der Waals surface area contributed by atoms with Crippen molar-refractivity contribution in [2.75, 3.05) is 41.6 Å². The number of piperazine rings is 1. The summed E-state index contributed by atoms with van der Waals surface area (Å²) >= 11 is 0. The fourth-order valence-corrected chi connectivity index (χ4v) is 4.99. The highest BCUT2D eigenvalue weighted by Crippen LogP contribution is 2.25. The Morgan fingerprint density at radius 2 is 1.60 bits per heavy atom. The molecule has 1 saturated heterocycles. The molecular formula is C22H28FN3O3S. The molecule has 162 valence electrons. The number of amides is 1. The Hall–Kier alpha value is -2.61. The van der Waals surface area contributed by atoms with Crippen LogP contribution in [0.15, 0.2) is 48.5 Å². The van der Waals surface area contributed by atoms with Crippen molar-refractivity contribution in [2.24, 2.45) is 0 Å². The Morgan fingerprint density at radius 3 is 2.10 bits per heavy atom. The normalized spacial score (nSPS) is 15.7. The molecule has 2 aromatic rings. The Kier molecular flexibility index (Phi) is 6.65. The van der Waals surface area contributed by atoms with Gasteiger partial charge in [0.1, 0.15) is 11.9 Å². The molecule has 30 heavy (non-hydrogen) atoms. The molecule has 0 bridgehead atoms. The highest BCUT2D eigenvalue weighted by Gasteiger charge is 2.35. The molecule has 0 spiro atoms. The molecule has 3 rings (SSSR count). The summed E-state index contributed by atoms with van der Waals surface area (Å²) in [4.78, 5) is 17.1. The zero-order valence-corrected chi connectivity index (χ0v) is 18.4. The second kappa shape index (κ2) is 9.04. The summed E-state index contributed by atoms with van der Waals surface area (Å²) in [6.07, 6.45) is 1.51. The zero-order chi connectivity index (χ0) is 21.9. The molecule has 0 aromatic heterocycles. The second-order valence-electron chi connectivity index (χ2n) is 7.61. The SMILES string of the molecule is CC[C@H](C(=O)N1CCN(c2ccc(F)cc2)CC1)N(c1ccc(C)cc1)S(C)(=O)=O. The summed E-state index contributed by atoms with van der Waals surface area (Å²) < 4.78 is 39.6. The van der Waals surface area contributed by atoms with E-state index in [1.54, 1.807) is 29.2 Å². The van der Waals surface area contributed by atoms with Crippen LogP contribution in [-0.4, -0.2) is 57.7 Å². The number of nitrogens with zero attached hydrogens (tertiary/aromatic N) is 3. The van der Waals surface area contributed by atoms with Crippen LogP contribution in [0.2, 0.25) is 0 Å². The first-order valence-electron chi connectivity index (χ1n) is 10.1. The topological polar surface area (TPSA) is 60.9 Å². The minimum absolute atomic E-state index is 0.192. The number of halogens is 1. The summed E-state index contributed by atoms with van der Waals surface area (Å²) in [5.41, 5.74) is 2.42. The van der Waals surface area contributed by atoms with Gasteiger partial charge in [0, 0.05) is 31.9 Å². The number of carbonyl (C=O) groups is 1. The van der Waals surface area contributed by atoms with E-state index < -0.39 is 16.1 Å². The zero-order valence-electron chi connectivity index (χ0n) is 17.6. The van der Waals surface area contributed by atoms with E-state index in [-0.39, 0.29) is 11.7 Å². The van der Waals surface area contributed by atoms with E-state index in [2.05, 4.69) is 4.90 Å². The molecule has 1 aliphatic rings. The number of benzene rings is 2. The smallest absolute Gasteiger partial charge is 0.246 e. The van der Waals surface area contributed by atoms with Crippen LogP contribution in [0.3, 0.4) is 0 Å². The Bertz CT molecular complexity index is 970. The Balaban J connectivity index is 1.76. The molecule has 0 N–H and O–H groups in total. The number of rotatable bonds is 6. The number of aryl methyl sites for hydroxylation is 1. The largest absolute Gasteiger partial charge is 0.368 e. The van der Waals surface area contributed by atoms with Crippen molar-refractivity contribution < 1.29 is 17.6 Å². The number of anilines is 2. The molecule has 1 amide bonds. The molecule has 0 saturated carbocycles. The molecule has 1 atom stereocenters. The van der Waals surface area contributed by atoms with Crippen LogP contribution < -0.4 is 9.21 Å². The highest BCUT2D eigenvalue weighted by molar-refractivity contribution is 7.92. The standard InChI is InChI=1S/C22H28FN3O3S/c1-4-21(26(30(3,28)29)20-9-5-17(2)6-10-20)22(27)25-15-13-24(14-16-25)19-11-7-18(23)8-12-19/h5-12,21H,4,13-16H2,1-3H3/t21-/m1/s1. The maximum absolute atomic E-state index is 13.3. The van der Waals surface area contributed by atoms with Gasteiger partial charge < -0.3 is 9.80 Å². The van der Waals surface area contributed by atoms with Crippen molar-refractivity contribution in [3.8, 4) is 0 Å². The summed E-state index contributed by atoms with van der Waals surface area (Å²) in [6, 6.07) is 12.7. The summed E-state index contributed by atoms with van der Waals surface area (Å²) in [5, 5.41) is 0. The molecule has 8 heteroatoms. The van der Waals surface area contributed by atoms with Crippen LogP contribution in [0, 0.1) is 12.7 Å². The molecule has 1 heterocycles. The third-order valence-corrected chi connectivity index (χ3v) is 6.56. The summed E-state index contributed by atoms with van der Waals surface area (Å²) in [5.74, 6) is -0.474. The third kappa shape index (κ3) is 4.92. The Morgan fingerprint density at radius 1 is 1.03 bits per heavy atom. The summed E-state index contributed by atoms with van der Waals surface area (Å²) in [6.45, 7) is 5.94. The highest BCUT2D eigenvalue weighted by atomic mass is 32.2. The average Bonchev–Trinajstić information content (AvgIpc) is 2.72. The van der Waals surface area contributed by atoms with E-state index >= 15 is 0 Å². The van der Waals surface area contributed by atoms with Gasteiger partial charge >= 0.3 is 0 Å². The van der Waals surface area contributed by atoms with Crippen LogP contribution in [-0.2, 0) is 14.8 Å². The lowest BCUT2D eigenvalue weighted by atomic mass is 10.1. The van der Waals surface area contributed by atoms with Crippen LogP contribution in [0.5, 0.6) is 0 Å². The van der Waals surface area contributed by atoms with Gasteiger partial charge in [0.15, 0.2) is 0 Å². The fraction of sp³-hybridized carbons (Fsp3) is 0.409. The van der Waals surface area contributed by atoms with Crippen LogP contribution >= 0.6 is 0 Å². The van der Waals surface area contributed by atoms with Crippen molar-refractivity contribution in [3.63, 3.8) is 0 Å². The maximum Gasteiger partial charge on any atom is 0.246 e. The van der Waals surface area contributed by atoms with Crippen LogP contribution in [0.4, 0.5) is 15.8 Å². The number of carbonyl (C=O) groups excluding carboxylic acids is 1. The van der Waals surface area contributed by atoms with E-state index in [1.165, 1.54) is 16.4 Å². The van der Waals surface area contributed by atoms with Crippen molar-refractivity contribution >= 4 is 27.3 Å². The predicted molar refractivity (Wildman–Crippen MR) is 118 cm³/mol. The molecule has 0 radical (unpaired) electrons. The third-order valence-electron chi connectivity index (χ3n) is 5.38. The van der Waals surface area contributed by atoms with Gasteiger partial charge in [-0.2, -0.15) is 0 Å². The van der Waals surface area contributed by atoms with Crippen LogP contribution in [0.1, 0.15) is 18.9 Å². The van der Waals surface area contributed by atoms with Crippen molar-refractivity contribution in [1.82, 2.24) is 4.90 Å². The predicted octanol–water partition coefficient (Wildman–Crippen LogP) is 3.03. The lowest BCUT2D eigenvalue weighted by molar-refractivity contribution is -0.132. The molecule has 2 aromatic carbocycles. The van der Waals surface area contributed by atoms with Crippen molar-refractivity contribution in [2.45, 2.75) is 26.3 Å². The monoisotopic (exact) mass is 433 g/mol. The first-order valence-corrected chi connectivity index (χ1v) is 11.9. The van der Waals surface area contributed by atoms with Gasteiger partial charge in [0.25, 0.3) is 0 Å². The van der Waals surface area contributed by atoms with Gasteiger partial charge in [-0.1, -0.05) is 24.6 Å². The molecule has 0 aliphatic carbocycles. The van der Waals surface area contributed by atoms with Gasteiger partial charge in [0.2, 0.25) is 15.9 Å². The van der Waals surface area contributed by atoms with Gasteiger partial charge in [-0.3, -0.25) is 9.10 Å². The number of hydrogen-bond acceptors (Lipinski definition) is 4. The van der Waals surface area contributed by atoms with E-state index in [9.17, 15) is 17.6 Å². The lowest BCUT2D eigenvalue weighted by Gasteiger charge is -2.39. The maximum atomic E-state index is 13.3. The fourth-order valence-electron chi connectivity index (χ4n) is 3.78. The van der Waals surface area contributed by atoms with Crippen molar-refractivity contribution in [3.05, 3.63) is 59.9 Å². The lowest BCUT2D eigenvalue weighted by Crippen LogP contribution is -2.56. The van der Waals surface area contributed by atoms with Crippen LogP contribution in [0.25, 0.3) is 0 Å². The minimum Gasteiger partial charge on any atom is -0.368 e. The quantitative estimate of drug-likeness (QED) is 0.703. The first-order chi connectivity index (χ1) is 14.2. The van der Waals surface area contributed by atoms with E-state index in [0.717, 1.165) is 17.5 Å². The van der Waals surface area contributed by atoms with Gasteiger partial charge in [-0.15, -0.1) is 0 Å². The van der Waals surface area contributed by atoms with Gasteiger partial charge in [-0.05, 0) is 49.7 Å². The minimum atomic E-state index is -3.64. The second-order valence-corrected chi connectivity index (χ2v) is 9.47. The van der Waals surface area contributed by atoms with Crippen molar-refractivity contribution in [1.29, 1.82) is 0 Å². The average molecular weight is 434 g/mol. The Labute approximate surface area is 177 Å². The van der Waals surface area contributed by atoms with Gasteiger partial charge in [-0.25, -0.2) is 12.8 Å². The van der Waals surface area contributed by atoms with E-state index in [1.807, 2.05) is 26.0 Å². The molecule has 6 nitrogen and oxygen atoms in total. The molecule has 1 aliphatic heterocycles. The first kappa shape index (κ1) is 22.1. The van der Waals surface area contributed by atoms with E-state index in [0.29, 0.717) is 38.3 Å². The molecular weight excluding hydrogens is 405 g/mol.